The maximum absolute atomic E-state index is 10.3. The predicted octanol–water partition coefficient (Wildman–Crippen LogP) is 0.981. The summed E-state index contributed by atoms with van der Waals surface area (Å²) in [5.41, 5.74) is 0. The Morgan fingerprint density at radius 1 is 1.36 bits per heavy atom. The molecule has 0 aromatic rings. The Balaban J connectivity index is 3.09. The van der Waals surface area contributed by atoms with Gasteiger partial charge in [-0.25, -0.2) is 0 Å². The van der Waals surface area contributed by atoms with Crippen molar-refractivity contribution in [3.63, 3.8) is 0 Å². The van der Waals surface area contributed by atoms with Crippen molar-refractivity contribution in [1.82, 2.24) is 0 Å². The second-order valence-corrected chi connectivity index (χ2v) is 4.13. The first-order valence-corrected chi connectivity index (χ1v) is 5.48. The van der Waals surface area contributed by atoms with Gasteiger partial charge in [0.05, 0.1) is 6.16 Å². The van der Waals surface area contributed by atoms with Crippen molar-refractivity contribution in [3.05, 3.63) is 0 Å². The average molecular weight is 182 g/mol. The van der Waals surface area contributed by atoms with Gasteiger partial charge >= 0.3 is 7.60 Å². The number of rotatable bonds is 6. The predicted molar refractivity (Wildman–Crippen MR) is 42.6 cm³/mol. The van der Waals surface area contributed by atoms with Crippen molar-refractivity contribution >= 4 is 7.60 Å². The minimum absolute atomic E-state index is 0.0727. The van der Waals surface area contributed by atoms with E-state index in [1.54, 1.807) is 0 Å². The molecule has 0 aliphatic carbocycles. The lowest BCUT2D eigenvalue weighted by atomic mass is 10.5. The summed E-state index contributed by atoms with van der Waals surface area (Å²) in [6, 6.07) is 0. The SMILES string of the molecule is CCCOCCCP(=O)(O)O. The van der Waals surface area contributed by atoms with Crippen LogP contribution in [-0.4, -0.2) is 29.2 Å². The molecule has 0 saturated heterocycles. The smallest absolute Gasteiger partial charge is 0.325 e. The first-order valence-electron chi connectivity index (χ1n) is 3.68. The molecular formula is C6H15O4P. The first kappa shape index (κ1) is 11.1. The fraction of sp³-hybridized carbons (Fsp3) is 1.00. The summed E-state index contributed by atoms with van der Waals surface area (Å²) in [6.45, 7) is 3.10. The highest BCUT2D eigenvalue weighted by molar-refractivity contribution is 7.51. The van der Waals surface area contributed by atoms with E-state index < -0.39 is 7.60 Å². The third-order valence-corrected chi connectivity index (χ3v) is 1.99. The highest BCUT2D eigenvalue weighted by Gasteiger charge is 2.10. The van der Waals surface area contributed by atoms with Crippen molar-refractivity contribution in [3.8, 4) is 0 Å². The van der Waals surface area contributed by atoms with E-state index in [1.165, 1.54) is 0 Å². The Bertz CT molecular complexity index is 131. The zero-order chi connectivity index (χ0) is 8.74. The van der Waals surface area contributed by atoms with Gasteiger partial charge in [0.2, 0.25) is 0 Å². The molecule has 0 bridgehead atoms. The van der Waals surface area contributed by atoms with E-state index in [1.807, 2.05) is 6.92 Å². The molecule has 0 aliphatic rings. The van der Waals surface area contributed by atoms with Crippen LogP contribution in [0, 0.1) is 0 Å². The molecule has 0 aromatic carbocycles. The fourth-order valence-electron chi connectivity index (χ4n) is 0.619. The van der Waals surface area contributed by atoms with E-state index in [9.17, 15) is 4.57 Å². The van der Waals surface area contributed by atoms with Gasteiger partial charge in [-0.3, -0.25) is 4.57 Å². The molecule has 0 saturated carbocycles. The van der Waals surface area contributed by atoms with Gasteiger partial charge in [0.1, 0.15) is 0 Å². The zero-order valence-electron chi connectivity index (χ0n) is 6.69. The molecule has 0 fully saturated rings. The molecule has 4 nitrogen and oxygen atoms in total. The van der Waals surface area contributed by atoms with Gasteiger partial charge in [-0.05, 0) is 12.8 Å². The van der Waals surface area contributed by atoms with Crippen LogP contribution in [0.2, 0.25) is 0 Å². The Morgan fingerprint density at radius 2 is 2.00 bits per heavy atom. The van der Waals surface area contributed by atoms with Gasteiger partial charge < -0.3 is 14.5 Å². The van der Waals surface area contributed by atoms with Crippen LogP contribution in [0.15, 0.2) is 0 Å². The molecule has 68 valence electrons. The lowest BCUT2D eigenvalue weighted by molar-refractivity contribution is 0.135. The third kappa shape index (κ3) is 10.1. The van der Waals surface area contributed by atoms with Crippen molar-refractivity contribution in [1.29, 1.82) is 0 Å². The van der Waals surface area contributed by atoms with E-state index in [2.05, 4.69) is 0 Å². The van der Waals surface area contributed by atoms with Crippen molar-refractivity contribution < 1.29 is 19.1 Å². The first-order chi connectivity index (χ1) is 5.06. The van der Waals surface area contributed by atoms with Gasteiger partial charge in [0, 0.05) is 13.2 Å². The molecule has 0 rings (SSSR count). The van der Waals surface area contributed by atoms with E-state index in [-0.39, 0.29) is 6.16 Å². The molecule has 0 amide bonds. The molecule has 2 N–H and O–H groups in total. The lowest BCUT2D eigenvalue weighted by Gasteiger charge is -2.03. The van der Waals surface area contributed by atoms with Crippen molar-refractivity contribution in [2.75, 3.05) is 19.4 Å². The molecule has 0 unspecified atom stereocenters. The topological polar surface area (TPSA) is 66.8 Å². The molecule has 0 heterocycles. The largest absolute Gasteiger partial charge is 0.381 e. The summed E-state index contributed by atoms with van der Waals surface area (Å²) in [4.78, 5) is 16.9. The molecule has 11 heavy (non-hydrogen) atoms. The number of ether oxygens (including phenoxy) is 1. The monoisotopic (exact) mass is 182 g/mol. The Kier molecular flexibility index (Phi) is 5.78. The number of hydrogen-bond donors (Lipinski definition) is 2. The van der Waals surface area contributed by atoms with Crippen LogP contribution in [0.1, 0.15) is 19.8 Å². The lowest BCUT2D eigenvalue weighted by Crippen LogP contribution is -1.98. The van der Waals surface area contributed by atoms with Crippen LogP contribution in [-0.2, 0) is 9.30 Å². The minimum atomic E-state index is -3.79. The van der Waals surface area contributed by atoms with Crippen LogP contribution < -0.4 is 0 Å². The summed E-state index contributed by atoms with van der Waals surface area (Å²) < 4.78 is 15.3. The second kappa shape index (κ2) is 5.72. The van der Waals surface area contributed by atoms with Crippen LogP contribution in [0.3, 0.4) is 0 Å². The minimum Gasteiger partial charge on any atom is -0.381 e. The third-order valence-electron chi connectivity index (χ3n) is 1.09. The summed E-state index contributed by atoms with van der Waals surface area (Å²) in [7, 11) is -3.79. The quantitative estimate of drug-likeness (QED) is 0.474. The highest BCUT2D eigenvalue weighted by atomic mass is 31.2. The van der Waals surface area contributed by atoms with E-state index >= 15 is 0 Å². The summed E-state index contributed by atoms with van der Waals surface area (Å²) >= 11 is 0. The molecular weight excluding hydrogens is 167 g/mol. The molecule has 0 radical (unpaired) electrons. The highest BCUT2D eigenvalue weighted by Crippen LogP contribution is 2.34. The van der Waals surface area contributed by atoms with E-state index in [0.717, 1.165) is 6.42 Å². The van der Waals surface area contributed by atoms with Crippen molar-refractivity contribution in [2.24, 2.45) is 0 Å². The average Bonchev–Trinajstić information content (AvgIpc) is 1.85. The van der Waals surface area contributed by atoms with E-state index in [0.29, 0.717) is 19.6 Å². The maximum atomic E-state index is 10.3. The van der Waals surface area contributed by atoms with Gasteiger partial charge in [-0.2, -0.15) is 0 Å². The molecule has 5 heteroatoms. The maximum Gasteiger partial charge on any atom is 0.325 e. The van der Waals surface area contributed by atoms with Crippen LogP contribution in [0.25, 0.3) is 0 Å². The zero-order valence-corrected chi connectivity index (χ0v) is 7.59. The van der Waals surface area contributed by atoms with Gasteiger partial charge in [-0.1, -0.05) is 6.92 Å². The van der Waals surface area contributed by atoms with Gasteiger partial charge in [0.25, 0.3) is 0 Å². The fourth-order valence-corrected chi connectivity index (χ4v) is 1.16. The Labute approximate surface area is 66.7 Å². The van der Waals surface area contributed by atoms with Crippen LogP contribution >= 0.6 is 7.60 Å². The van der Waals surface area contributed by atoms with Gasteiger partial charge in [0.15, 0.2) is 0 Å². The van der Waals surface area contributed by atoms with Gasteiger partial charge in [-0.15, -0.1) is 0 Å². The standard InChI is InChI=1S/C6H15O4P/c1-2-4-10-5-3-6-11(7,8)9/h2-6H2,1H3,(H2,7,8,9). The van der Waals surface area contributed by atoms with Crippen molar-refractivity contribution in [2.45, 2.75) is 19.8 Å². The normalized spacial score (nSPS) is 11.9. The molecule has 0 aliphatic heterocycles. The second-order valence-electron chi connectivity index (χ2n) is 2.35. The summed E-state index contributed by atoms with van der Waals surface area (Å²) in [5, 5.41) is 0. The Hall–Kier alpha value is 0.110. The number of hydrogen-bond acceptors (Lipinski definition) is 2. The molecule has 0 aromatic heterocycles. The van der Waals surface area contributed by atoms with E-state index in [4.69, 9.17) is 14.5 Å². The summed E-state index contributed by atoms with van der Waals surface area (Å²) in [5.74, 6) is 0. The summed E-state index contributed by atoms with van der Waals surface area (Å²) in [6.07, 6.45) is 1.30. The van der Waals surface area contributed by atoms with Crippen LogP contribution in [0.4, 0.5) is 0 Å². The molecule has 0 atom stereocenters. The van der Waals surface area contributed by atoms with Crippen LogP contribution in [0.5, 0.6) is 0 Å². The molecule has 0 spiro atoms. The Morgan fingerprint density at radius 3 is 2.45 bits per heavy atom.